The van der Waals surface area contributed by atoms with Crippen molar-refractivity contribution in [3.05, 3.63) is 59.7 Å². The minimum absolute atomic E-state index is 0.0281. The van der Waals surface area contributed by atoms with Crippen LogP contribution in [-0.4, -0.2) is 67.4 Å². The topological polar surface area (TPSA) is 105 Å². The van der Waals surface area contributed by atoms with Crippen LogP contribution in [0.1, 0.15) is 30.4 Å². The predicted octanol–water partition coefficient (Wildman–Crippen LogP) is 2.86. The molecule has 0 spiro atoms. The molecule has 2 atom stereocenters. The molecule has 1 fully saturated rings. The van der Waals surface area contributed by atoms with Gasteiger partial charge in [-0.15, -0.1) is 0 Å². The third kappa shape index (κ3) is 4.30. The zero-order chi connectivity index (χ0) is 23.6. The molecule has 0 bridgehead atoms. The predicted molar refractivity (Wildman–Crippen MR) is 121 cm³/mol. The first-order chi connectivity index (χ1) is 15.9. The second kappa shape index (κ2) is 9.23. The van der Waals surface area contributed by atoms with Gasteiger partial charge in [-0.1, -0.05) is 48.5 Å². The Morgan fingerprint density at radius 3 is 2.30 bits per heavy atom. The summed E-state index contributed by atoms with van der Waals surface area (Å²) >= 11 is 0. The number of fused-ring (bicyclic) bond motifs is 3. The lowest BCUT2D eigenvalue weighted by Crippen LogP contribution is -2.48. The van der Waals surface area contributed by atoms with Crippen LogP contribution in [0.3, 0.4) is 0 Å². The van der Waals surface area contributed by atoms with Crippen LogP contribution in [0.4, 0.5) is 4.79 Å². The van der Waals surface area contributed by atoms with Crippen molar-refractivity contribution in [2.45, 2.75) is 25.3 Å². The Balaban J connectivity index is 1.35. The number of aliphatic carboxylic acids is 1. The number of benzene rings is 2. The standard InChI is InChI=1S/C25H28N2O6/c1-16(22(28)27-12-11-25(14-27,15-32-2)23(29)30)26-24(31)33-13-21-19-9-5-3-7-17(19)18-8-4-6-10-20(18)21/h3-10,16,21H,11-15H2,1-2H3,(H,26,31)(H,29,30)/t16-,25?/m0/s1. The van der Waals surface area contributed by atoms with Crippen LogP contribution in [0.15, 0.2) is 48.5 Å². The average molecular weight is 453 g/mol. The number of amides is 2. The first kappa shape index (κ1) is 22.8. The summed E-state index contributed by atoms with van der Waals surface area (Å²) in [6.07, 6.45) is -0.377. The number of hydrogen-bond acceptors (Lipinski definition) is 5. The summed E-state index contributed by atoms with van der Waals surface area (Å²) in [7, 11) is 1.44. The molecule has 2 N–H and O–H groups in total. The van der Waals surface area contributed by atoms with Gasteiger partial charge < -0.3 is 24.8 Å². The van der Waals surface area contributed by atoms with Crippen molar-refractivity contribution in [2.75, 3.05) is 33.4 Å². The smallest absolute Gasteiger partial charge is 0.407 e. The fourth-order valence-electron chi connectivity index (χ4n) is 4.84. The number of rotatable bonds is 7. The van der Waals surface area contributed by atoms with Crippen LogP contribution in [-0.2, 0) is 19.1 Å². The first-order valence-electron chi connectivity index (χ1n) is 11.0. The molecule has 2 aromatic carbocycles. The summed E-state index contributed by atoms with van der Waals surface area (Å²) in [5.41, 5.74) is 3.37. The maximum Gasteiger partial charge on any atom is 0.407 e. The number of hydrogen-bond donors (Lipinski definition) is 2. The number of methoxy groups -OCH3 is 1. The van der Waals surface area contributed by atoms with Gasteiger partial charge in [-0.05, 0) is 35.6 Å². The van der Waals surface area contributed by atoms with Crippen LogP contribution in [0.5, 0.6) is 0 Å². The minimum Gasteiger partial charge on any atom is -0.481 e. The normalized spacial score (nSPS) is 20.1. The summed E-state index contributed by atoms with van der Waals surface area (Å²) in [6, 6.07) is 15.3. The maximum absolute atomic E-state index is 12.8. The Kier molecular flexibility index (Phi) is 6.37. The van der Waals surface area contributed by atoms with E-state index in [4.69, 9.17) is 9.47 Å². The van der Waals surface area contributed by atoms with E-state index in [1.54, 1.807) is 6.92 Å². The number of carboxylic acids is 1. The van der Waals surface area contributed by atoms with E-state index in [9.17, 15) is 19.5 Å². The highest BCUT2D eigenvalue weighted by Crippen LogP contribution is 2.44. The summed E-state index contributed by atoms with van der Waals surface area (Å²) in [6.45, 7) is 2.10. The highest BCUT2D eigenvalue weighted by atomic mass is 16.5. The van der Waals surface area contributed by atoms with E-state index in [1.165, 1.54) is 12.0 Å². The van der Waals surface area contributed by atoms with Gasteiger partial charge in [0.1, 0.15) is 18.1 Å². The first-order valence-corrected chi connectivity index (χ1v) is 11.0. The van der Waals surface area contributed by atoms with Crippen molar-refractivity contribution >= 4 is 18.0 Å². The Bertz CT molecular complexity index is 1020. The monoisotopic (exact) mass is 452 g/mol. The number of carboxylic acid groups (broad SMARTS) is 1. The van der Waals surface area contributed by atoms with Gasteiger partial charge in [0.15, 0.2) is 0 Å². The summed E-state index contributed by atoms with van der Waals surface area (Å²) < 4.78 is 10.6. The molecular weight excluding hydrogens is 424 g/mol. The molecule has 1 aliphatic heterocycles. The Morgan fingerprint density at radius 1 is 1.12 bits per heavy atom. The summed E-state index contributed by atoms with van der Waals surface area (Å²) in [5, 5.41) is 12.2. The van der Waals surface area contributed by atoms with Gasteiger partial charge in [-0.3, -0.25) is 9.59 Å². The fourth-order valence-corrected chi connectivity index (χ4v) is 4.84. The highest BCUT2D eigenvalue weighted by molar-refractivity contribution is 5.87. The largest absolute Gasteiger partial charge is 0.481 e. The second-order valence-electron chi connectivity index (χ2n) is 8.72. The third-order valence-electron chi connectivity index (χ3n) is 6.59. The molecule has 2 aromatic rings. The van der Waals surface area contributed by atoms with Crippen LogP contribution < -0.4 is 5.32 Å². The molecule has 174 valence electrons. The Morgan fingerprint density at radius 2 is 1.73 bits per heavy atom. The molecule has 0 radical (unpaired) electrons. The van der Waals surface area contributed by atoms with E-state index in [-0.39, 0.29) is 31.6 Å². The van der Waals surface area contributed by atoms with Gasteiger partial charge in [0.2, 0.25) is 5.91 Å². The molecule has 1 aliphatic carbocycles. The molecule has 33 heavy (non-hydrogen) atoms. The van der Waals surface area contributed by atoms with Crippen molar-refractivity contribution in [3.8, 4) is 11.1 Å². The van der Waals surface area contributed by atoms with Crippen molar-refractivity contribution < 1.29 is 29.0 Å². The van der Waals surface area contributed by atoms with Gasteiger partial charge in [-0.2, -0.15) is 0 Å². The van der Waals surface area contributed by atoms with Crippen molar-refractivity contribution in [1.29, 1.82) is 0 Å². The Hall–Kier alpha value is -3.39. The minimum atomic E-state index is -1.12. The molecule has 0 saturated carbocycles. The van der Waals surface area contributed by atoms with Crippen molar-refractivity contribution in [2.24, 2.45) is 5.41 Å². The molecule has 8 heteroatoms. The van der Waals surface area contributed by atoms with E-state index in [0.29, 0.717) is 13.0 Å². The number of nitrogens with one attached hydrogen (secondary N) is 1. The number of likely N-dealkylation sites (tertiary alicyclic amines) is 1. The zero-order valence-corrected chi connectivity index (χ0v) is 18.7. The van der Waals surface area contributed by atoms with Gasteiger partial charge in [0.25, 0.3) is 0 Å². The fraction of sp³-hybridized carbons (Fsp3) is 0.400. The summed E-state index contributed by atoms with van der Waals surface area (Å²) in [4.78, 5) is 38.4. The number of carbonyl (C=O) groups excluding carboxylic acids is 2. The van der Waals surface area contributed by atoms with Crippen molar-refractivity contribution in [3.63, 3.8) is 0 Å². The molecule has 2 amide bonds. The number of carbonyl (C=O) groups is 3. The molecule has 1 heterocycles. The quantitative estimate of drug-likeness (QED) is 0.669. The van der Waals surface area contributed by atoms with Crippen LogP contribution in [0.2, 0.25) is 0 Å². The van der Waals surface area contributed by atoms with Crippen LogP contribution in [0.25, 0.3) is 11.1 Å². The number of ether oxygens (including phenoxy) is 2. The van der Waals surface area contributed by atoms with Gasteiger partial charge in [0, 0.05) is 26.1 Å². The molecule has 8 nitrogen and oxygen atoms in total. The zero-order valence-electron chi connectivity index (χ0n) is 18.7. The van der Waals surface area contributed by atoms with E-state index in [0.717, 1.165) is 22.3 Å². The molecular formula is C25H28N2O6. The third-order valence-corrected chi connectivity index (χ3v) is 6.59. The van der Waals surface area contributed by atoms with Gasteiger partial charge in [-0.25, -0.2) is 4.79 Å². The molecule has 2 aliphatic rings. The lowest BCUT2D eigenvalue weighted by atomic mass is 9.88. The lowest BCUT2D eigenvalue weighted by Gasteiger charge is -2.25. The van der Waals surface area contributed by atoms with Gasteiger partial charge >= 0.3 is 12.1 Å². The van der Waals surface area contributed by atoms with Crippen LogP contribution in [0, 0.1) is 5.41 Å². The number of alkyl carbamates (subject to hydrolysis) is 1. The van der Waals surface area contributed by atoms with E-state index in [2.05, 4.69) is 17.4 Å². The molecule has 1 unspecified atom stereocenters. The van der Waals surface area contributed by atoms with Crippen molar-refractivity contribution in [1.82, 2.24) is 10.2 Å². The summed E-state index contributed by atoms with van der Waals surface area (Å²) in [5.74, 6) is -1.41. The second-order valence-corrected chi connectivity index (χ2v) is 8.72. The lowest BCUT2D eigenvalue weighted by molar-refractivity contribution is -0.151. The van der Waals surface area contributed by atoms with E-state index >= 15 is 0 Å². The SMILES string of the molecule is COCC1(C(=O)O)CCN(C(=O)[C@H](C)NC(=O)OCC2c3ccccc3-c3ccccc32)C1. The maximum atomic E-state index is 12.8. The average Bonchev–Trinajstić information content (AvgIpc) is 3.38. The Labute approximate surface area is 192 Å². The van der Waals surface area contributed by atoms with Crippen LogP contribution >= 0.6 is 0 Å². The molecule has 0 aromatic heterocycles. The van der Waals surface area contributed by atoms with E-state index < -0.39 is 23.5 Å². The highest BCUT2D eigenvalue weighted by Gasteiger charge is 2.47. The molecule has 1 saturated heterocycles. The molecule has 4 rings (SSSR count). The van der Waals surface area contributed by atoms with E-state index in [1.807, 2.05) is 36.4 Å². The van der Waals surface area contributed by atoms with Gasteiger partial charge in [0.05, 0.1) is 6.61 Å². The number of nitrogens with zero attached hydrogens (tertiary/aromatic N) is 1.